The number of nitrogens with one attached hydrogen (secondary N) is 2. The average molecular weight is 322 g/mol. The third-order valence-electron chi connectivity index (χ3n) is 2.38. The molecule has 21 heavy (non-hydrogen) atoms. The van der Waals surface area contributed by atoms with Crippen molar-refractivity contribution in [2.75, 3.05) is 16.3 Å². The molecule has 1 aromatic carbocycles. The van der Waals surface area contributed by atoms with E-state index in [9.17, 15) is 13.2 Å². The van der Waals surface area contributed by atoms with Crippen molar-refractivity contribution in [3.63, 3.8) is 0 Å². The minimum atomic E-state index is -3.34. The van der Waals surface area contributed by atoms with Gasteiger partial charge in [-0.05, 0) is 35.7 Å². The number of carbonyl (C=O) groups is 1. The summed E-state index contributed by atoms with van der Waals surface area (Å²) in [6, 6.07) is 10.3. The molecule has 0 saturated heterocycles. The Balaban J connectivity index is 2.02. The van der Waals surface area contributed by atoms with Gasteiger partial charge in [0.1, 0.15) is 0 Å². The van der Waals surface area contributed by atoms with E-state index in [4.69, 9.17) is 0 Å². The van der Waals surface area contributed by atoms with Gasteiger partial charge in [-0.1, -0.05) is 12.1 Å². The van der Waals surface area contributed by atoms with Gasteiger partial charge in [-0.25, -0.2) is 8.42 Å². The van der Waals surface area contributed by atoms with Gasteiger partial charge < -0.3 is 5.32 Å². The van der Waals surface area contributed by atoms with Crippen molar-refractivity contribution in [3.8, 4) is 0 Å². The third kappa shape index (κ3) is 5.41. The Bertz CT molecular complexity index is 750. The number of anilines is 2. The number of hydrogen-bond acceptors (Lipinski definition) is 4. The molecule has 0 bridgehead atoms. The first kappa shape index (κ1) is 15.3. The summed E-state index contributed by atoms with van der Waals surface area (Å²) < 4.78 is 24.7. The van der Waals surface area contributed by atoms with E-state index in [-0.39, 0.29) is 5.91 Å². The van der Waals surface area contributed by atoms with Gasteiger partial charge in [0.25, 0.3) is 0 Å². The minimum absolute atomic E-state index is 0.278. The Kier molecular flexibility index (Phi) is 4.77. The molecule has 1 aromatic heterocycles. The molecule has 0 radical (unpaired) electrons. The maximum absolute atomic E-state index is 11.8. The van der Waals surface area contributed by atoms with E-state index in [0.29, 0.717) is 11.4 Å². The number of amides is 1. The second kappa shape index (κ2) is 6.55. The van der Waals surface area contributed by atoms with Gasteiger partial charge in [-0.3, -0.25) is 9.52 Å². The zero-order chi connectivity index (χ0) is 15.3. The highest BCUT2D eigenvalue weighted by Gasteiger charge is 2.03. The lowest BCUT2D eigenvalue weighted by Gasteiger charge is -2.06. The largest absolute Gasteiger partial charge is 0.322 e. The van der Waals surface area contributed by atoms with Crippen LogP contribution in [0.1, 0.15) is 4.88 Å². The van der Waals surface area contributed by atoms with Crippen LogP contribution in [-0.2, 0) is 14.8 Å². The predicted octanol–water partition coefficient (Wildman–Crippen LogP) is 2.77. The van der Waals surface area contributed by atoms with Crippen molar-refractivity contribution in [1.82, 2.24) is 0 Å². The van der Waals surface area contributed by atoms with Gasteiger partial charge in [0.15, 0.2) is 0 Å². The summed E-state index contributed by atoms with van der Waals surface area (Å²) in [7, 11) is -3.34. The van der Waals surface area contributed by atoms with Crippen LogP contribution in [0.5, 0.6) is 0 Å². The number of benzene rings is 1. The van der Waals surface area contributed by atoms with Crippen LogP contribution in [0.4, 0.5) is 11.4 Å². The van der Waals surface area contributed by atoms with Crippen molar-refractivity contribution < 1.29 is 13.2 Å². The molecule has 5 nitrogen and oxygen atoms in total. The molecule has 0 aliphatic heterocycles. The minimum Gasteiger partial charge on any atom is -0.322 e. The lowest BCUT2D eigenvalue weighted by atomic mass is 10.3. The number of carbonyl (C=O) groups excluding carboxylic acids is 1. The van der Waals surface area contributed by atoms with Gasteiger partial charge in [-0.15, -0.1) is 11.3 Å². The number of thiophene rings is 1. The van der Waals surface area contributed by atoms with E-state index in [1.165, 1.54) is 17.4 Å². The molecule has 0 fully saturated rings. The molecule has 2 aromatic rings. The summed E-state index contributed by atoms with van der Waals surface area (Å²) in [6.45, 7) is 0. The first-order chi connectivity index (χ1) is 9.92. The molecule has 0 aliphatic rings. The molecule has 0 unspecified atom stereocenters. The summed E-state index contributed by atoms with van der Waals surface area (Å²) in [5.41, 5.74) is 0.919. The fourth-order valence-electron chi connectivity index (χ4n) is 1.60. The summed E-state index contributed by atoms with van der Waals surface area (Å²) in [6.07, 6.45) is 4.23. The van der Waals surface area contributed by atoms with Gasteiger partial charge in [0.2, 0.25) is 15.9 Å². The molecule has 1 amide bonds. The summed E-state index contributed by atoms with van der Waals surface area (Å²) in [4.78, 5) is 12.8. The van der Waals surface area contributed by atoms with Crippen LogP contribution in [-0.4, -0.2) is 20.6 Å². The van der Waals surface area contributed by atoms with Crippen LogP contribution < -0.4 is 10.0 Å². The highest BCUT2D eigenvalue weighted by molar-refractivity contribution is 7.92. The molecule has 2 rings (SSSR count). The van der Waals surface area contributed by atoms with E-state index < -0.39 is 10.0 Å². The van der Waals surface area contributed by atoms with Gasteiger partial charge in [-0.2, -0.15) is 0 Å². The molecule has 7 heteroatoms. The Morgan fingerprint density at radius 3 is 2.62 bits per heavy atom. The maximum Gasteiger partial charge on any atom is 0.248 e. The fraction of sp³-hybridized carbons (Fsp3) is 0.0714. The Morgan fingerprint density at radius 2 is 1.95 bits per heavy atom. The van der Waals surface area contributed by atoms with Crippen LogP contribution >= 0.6 is 11.3 Å². The second-order valence-electron chi connectivity index (χ2n) is 4.29. The van der Waals surface area contributed by atoms with Crippen LogP contribution in [0, 0.1) is 0 Å². The molecule has 0 spiro atoms. The first-order valence-electron chi connectivity index (χ1n) is 6.03. The molecule has 0 atom stereocenters. The van der Waals surface area contributed by atoms with E-state index in [2.05, 4.69) is 10.0 Å². The van der Waals surface area contributed by atoms with Gasteiger partial charge >= 0.3 is 0 Å². The fourth-order valence-corrected chi connectivity index (χ4v) is 2.78. The van der Waals surface area contributed by atoms with Crippen LogP contribution in [0.25, 0.3) is 6.08 Å². The van der Waals surface area contributed by atoms with E-state index >= 15 is 0 Å². The zero-order valence-electron chi connectivity index (χ0n) is 11.2. The lowest BCUT2D eigenvalue weighted by Crippen LogP contribution is -2.11. The Morgan fingerprint density at radius 1 is 1.19 bits per heavy atom. The van der Waals surface area contributed by atoms with Crippen molar-refractivity contribution in [1.29, 1.82) is 0 Å². The third-order valence-corrected chi connectivity index (χ3v) is 3.82. The molecule has 0 aliphatic carbocycles. The summed E-state index contributed by atoms with van der Waals surface area (Å²) in [5, 5.41) is 4.60. The quantitative estimate of drug-likeness (QED) is 0.831. The SMILES string of the molecule is CS(=O)(=O)Nc1cccc(NC(=O)C=Cc2cccs2)c1. The Labute approximate surface area is 127 Å². The molecule has 1 heterocycles. The lowest BCUT2D eigenvalue weighted by molar-refractivity contribution is -0.111. The summed E-state index contributed by atoms with van der Waals surface area (Å²) in [5.74, 6) is -0.278. The number of hydrogen-bond donors (Lipinski definition) is 2. The second-order valence-corrected chi connectivity index (χ2v) is 7.02. The standard InChI is InChI=1S/C14H14N2O3S2/c1-21(18,19)16-12-5-2-4-11(10-12)15-14(17)8-7-13-6-3-9-20-13/h2-10,16H,1H3,(H,15,17). The molecule has 2 N–H and O–H groups in total. The number of sulfonamides is 1. The van der Waals surface area contributed by atoms with Gasteiger partial charge in [0.05, 0.1) is 11.9 Å². The molecule has 110 valence electrons. The normalized spacial score (nSPS) is 11.5. The zero-order valence-corrected chi connectivity index (χ0v) is 12.9. The number of rotatable bonds is 5. The van der Waals surface area contributed by atoms with Gasteiger partial charge in [0, 0.05) is 16.6 Å². The molecular weight excluding hydrogens is 308 g/mol. The van der Waals surface area contributed by atoms with Crippen molar-refractivity contribution in [3.05, 3.63) is 52.7 Å². The highest BCUT2D eigenvalue weighted by atomic mass is 32.2. The first-order valence-corrected chi connectivity index (χ1v) is 8.80. The van der Waals surface area contributed by atoms with Crippen molar-refractivity contribution in [2.45, 2.75) is 0 Å². The topological polar surface area (TPSA) is 75.3 Å². The van der Waals surface area contributed by atoms with E-state index in [0.717, 1.165) is 11.1 Å². The molecular formula is C14H14N2O3S2. The molecule has 0 saturated carbocycles. The summed E-state index contributed by atoms with van der Waals surface area (Å²) >= 11 is 1.54. The maximum atomic E-state index is 11.8. The smallest absolute Gasteiger partial charge is 0.248 e. The van der Waals surface area contributed by atoms with Crippen molar-refractivity contribution >= 4 is 44.7 Å². The van der Waals surface area contributed by atoms with E-state index in [1.807, 2.05) is 17.5 Å². The van der Waals surface area contributed by atoms with Crippen LogP contribution in [0.15, 0.2) is 47.9 Å². The van der Waals surface area contributed by atoms with Crippen LogP contribution in [0.3, 0.4) is 0 Å². The Hall–Kier alpha value is -2.12. The van der Waals surface area contributed by atoms with Crippen LogP contribution in [0.2, 0.25) is 0 Å². The highest BCUT2D eigenvalue weighted by Crippen LogP contribution is 2.16. The van der Waals surface area contributed by atoms with E-state index in [1.54, 1.807) is 30.3 Å². The van der Waals surface area contributed by atoms with Crippen molar-refractivity contribution in [2.24, 2.45) is 0 Å². The average Bonchev–Trinajstić information content (AvgIpc) is 2.87. The monoisotopic (exact) mass is 322 g/mol. The predicted molar refractivity (Wildman–Crippen MR) is 86.9 cm³/mol.